The highest BCUT2D eigenvalue weighted by molar-refractivity contribution is 6.03. The van der Waals surface area contributed by atoms with Crippen LogP contribution in [0.1, 0.15) is 44.0 Å². The Morgan fingerprint density at radius 2 is 1.92 bits per heavy atom. The standard InChI is InChI=1S/C19H24N4O2/c1-19(2,3)17-14(11-21-23-17)10-20-15-6-4-12(5-7-15)8-13-9-16(24)22-18(13)25/h4-7,11,13,20H,8-10H2,1-3H3,(H,21,23)(H,22,24,25)/t13-/m1/s1. The summed E-state index contributed by atoms with van der Waals surface area (Å²) >= 11 is 0. The first-order valence-corrected chi connectivity index (χ1v) is 8.52. The average molecular weight is 340 g/mol. The molecule has 6 nitrogen and oxygen atoms in total. The number of benzene rings is 1. The Kier molecular flexibility index (Phi) is 4.61. The van der Waals surface area contributed by atoms with E-state index in [0.717, 1.165) is 22.5 Å². The van der Waals surface area contributed by atoms with E-state index in [2.05, 4.69) is 41.6 Å². The number of aromatic nitrogens is 2. The number of hydrogen-bond donors (Lipinski definition) is 3. The number of hydrogen-bond acceptors (Lipinski definition) is 4. The minimum absolute atomic E-state index is 0.0245. The number of H-pyrrole nitrogens is 1. The zero-order valence-corrected chi connectivity index (χ0v) is 14.8. The van der Waals surface area contributed by atoms with E-state index in [9.17, 15) is 9.59 Å². The molecule has 2 heterocycles. The van der Waals surface area contributed by atoms with Gasteiger partial charge < -0.3 is 5.32 Å². The lowest BCUT2D eigenvalue weighted by atomic mass is 9.89. The highest BCUT2D eigenvalue weighted by atomic mass is 16.2. The normalized spacial score (nSPS) is 17.6. The number of anilines is 1. The Hall–Kier alpha value is -2.63. The van der Waals surface area contributed by atoms with Crippen molar-refractivity contribution in [3.8, 4) is 0 Å². The van der Waals surface area contributed by atoms with Crippen molar-refractivity contribution in [3.63, 3.8) is 0 Å². The van der Waals surface area contributed by atoms with Crippen LogP contribution in [0.3, 0.4) is 0 Å². The molecule has 0 bridgehead atoms. The van der Waals surface area contributed by atoms with Gasteiger partial charge in [-0.2, -0.15) is 5.10 Å². The van der Waals surface area contributed by atoms with Gasteiger partial charge >= 0.3 is 0 Å². The molecule has 1 saturated heterocycles. The van der Waals surface area contributed by atoms with E-state index in [1.54, 1.807) is 0 Å². The number of aromatic amines is 1. The third kappa shape index (κ3) is 4.07. The molecule has 1 atom stereocenters. The van der Waals surface area contributed by atoms with Crippen molar-refractivity contribution in [2.75, 3.05) is 5.32 Å². The molecule has 1 aromatic carbocycles. The van der Waals surface area contributed by atoms with Crippen molar-refractivity contribution in [1.29, 1.82) is 0 Å². The van der Waals surface area contributed by atoms with E-state index in [0.29, 0.717) is 13.0 Å². The number of carbonyl (C=O) groups is 2. The molecule has 25 heavy (non-hydrogen) atoms. The fourth-order valence-electron chi connectivity index (χ4n) is 3.11. The molecule has 6 heteroatoms. The number of nitrogens with zero attached hydrogens (tertiary/aromatic N) is 1. The Balaban J connectivity index is 1.59. The second-order valence-electron chi connectivity index (χ2n) is 7.59. The predicted molar refractivity (Wildman–Crippen MR) is 96.0 cm³/mol. The van der Waals surface area contributed by atoms with Crippen molar-refractivity contribution in [3.05, 3.63) is 47.3 Å². The molecule has 1 aliphatic rings. The van der Waals surface area contributed by atoms with Crippen LogP contribution in [0.4, 0.5) is 5.69 Å². The van der Waals surface area contributed by atoms with Crippen molar-refractivity contribution in [2.24, 2.45) is 5.92 Å². The minimum Gasteiger partial charge on any atom is -0.381 e. The van der Waals surface area contributed by atoms with Gasteiger partial charge in [-0.1, -0.05) is 32.9 Å². The summed E-state index contributed by atoms with van der Waals surface area (Å²) in [5.74, 6) is -0.587. The van der Waals surface area contributed by atoms with Crippen LogP contribution in [-0.4, -0.2) is 22.0 Å². The van der Waals surface area contributed by atoms with Crippen LogP contribution in [-0.2, 0) is 28.0 Å². The number of rotatable bonds is 5. The van der Waals surface area contributed by atoms with Crippen LogP contribution in [0.15, 0.2) is 30.5 Å². The van der Waals surface area contributed by atoms with Crippen LogP contribution in [0.25, 0.3) is 0 Å². The molecule has 0 spiro atoms. The number of nitrogens with one attached hydrogen (secondary N) is 3. The lowest BCUT2D eigenvalue weighted by Gasteiger charge is -2.18. The highest BCUT2D eigenvalue weighted by Gasteiger charge is 2.30. The van der Waals surface area contributed by atoms with Gasteiger partial charge in [0.15, 0.2) is 0 Å². The van der Waals surface area contributed by atoms with Gasteiger partial charge in [-0.25, -0.2) is 0 Å². The lowest BCUT2D eigenvalue weighted by molar-refractivity contribution is -0.125. The smallest absolute Gasteiger partial charge is 0.230 e. The molecule has 1 aromatic heterocycles. The van der Waals surface area contributed by atoms with E-state index in [1.807, 2.05) is 30.5 Å². The average Bonchev–Trinajstić information content (AvgIpc) is 3.13. The van der Waals surface area contributed by atoms with Gasteiger partial charge in [0.2, 0.25) is 11.8 Å². The summed E-state index contributed by atoms with van der Waals surface area (Å²) < 4.78 is 0. The maximum atomic E-state index is 11.6. The molecule has 0 radical (unpaired) electrons. The third-order valence-corrected chi connectivity index (χ3v) is 4.45. The monoisotopic (exact) mass is 340 g/mol. The van der Waals surface area contributed by atoms with Crippen LogP contribution in [0.2, 0.25) is 0 Å². The zero-order valence-electron chi connectivity index (χ0n) is 14.8. The van der Waals surface area contributed by atoms with Crippen molar-refractivity contribution < 1.29 is 9.59 Å². The van der Waals surface area contributed by atoms with Gasteiger partial charge in [0, 0.05) is 35.3 Å². The van der Waals surface area contributed by atoms with Crippen molar-refractivity contribution in [1.82, 2.24) is 15.5 Å². The van der Waals surface area contributed by atoms with E-state index < -0.39 is 0 Å². The third-order valence-electron chi connectivity index (χ3n) is 4.45. The summed E-state index contributed by atoms with van der Waals surface area (Å²) in [6.45, 7) is 7.16. The summed E-state index contributed by atoms with van der Waals surface area (Å²) in [5, 5.41) is 13.0. The second-order valence-corrected chi connectivity index (χ2v) is 7.59. The first-order valence-electron chi connectivity index (χ1n) is 8.52. The minimum atomic E-state index is -0.244. The van der Waals surface area contributed by atoms with Gasteiger partial charge in [0.1, 0.15) is 0 Å². The van der Waals surface area contributed by atoms with Gasteiger partial charge in [-0.05, 0) is 24.1 Å². The van der Waals surface area contributed by atoms with E-state index in [4.69, 9.17) is 0 Å². The molecule has 1 aliphatic heterocycles. The molecular formula is C19H24N4O2. The van der Waals surface area contributed by atoms with Crippen LogP contribution >= 0.6 is 0 Å². The molecule has 3 rings (SSSR count). The number of carbonyl (C=O) groups excluding carboxylic acids is 2. The van der Waals surface area contributed by atoms with E-state index in [1.165, 1.54) is 0 Å². The predicted octanol–water partition coefficient (Wildman–Crippen LogP) is 2.52. The fraction of sp³-hybridized carbons (Fsp3) is 0.421. The van der Waals surface area contributed by atoms with Crippen LogP contribution in [0, 0.1) is 5.92 Å². The van der Waals surface area contributed by atoms with Gasteiger partial charge in [0.25, 0.3) is 0 Å². The highest BCUT2D eigenvalue weighted by Crippen LogP contribution is 2.24. The molecule has 0 saturated carbocycles. The summed E-state index contributed by atoms with van der Waals surface area (Å²) in [6.07, 6.45) is 2.74. The first-order chi connectivity index (χ1) is 11.8. The summed E-state index contributed by atoms with van der Waals surface area (Å²) in [6, 6.07) is 8.00. The fourth-order valence-corrected chi connectivity index (χ4v) is 3.11. The molecule has 0 aliphatic carbocycles. The molecule has 1 fully saturated rings. The lowest BCUT2D eigenvalue weighted by Crippen LogP contribution is -2.22. The molecule has 2 aromatic rings. The molecule has 2 amide bonds. The Bertz CT molecular complexity index is 771. The first kappa shape index (κ1) is 17.2. The van der Waals surface area contributed by atoms with Crippen LogP contribution in [0.5, 0.6) is 0 Å². The molecule has 3 N–H and O–H groups in total. The van der Waals surface area contributed by atoms with Crippen molar-refractivity contribution in [2.45, 2.75) is 45.6 Å². The quantitative estimate of drug-likeness (QED) is 0.730. The molecule has 132 valence electrons. The van der Waals surface area contributed by atoms with Crippen molar-refractivity contribution >= 4 is 17.5 Å². The van der Waals surface area contributed by atoms with E-state index >= 15 is 0 Å². The second kappa shape index (κ2) is 6.70. The Labute approximate surface area is 147 Å². The van der Waals surface area contributed by atoms with Gasteiger partial charge in [-0.3, -0.25) is 20.0 Å². The maximum absolute atomic E-state index is 11.6. The Morgan fingerprint density at radius 1 is 1.20 bits per heavy atom. The molecule has 0 unspecified atom stereocenters. The zero-order chi connectivity index (χ0) is 18.0. The summed E-state index contributed by atoms with van der Waals surface area (Å²) in [7, 11) is 0. The van der Waals surface area contributed by atoms with Gasteiger partial charge in [-0.15, -0.1) is 0 Å². The number of imide groups is 1. The topological polar surface area (TPSA) is 86.9 Å². The number of amides is 2. The Morgan fingerprint density at radius 3 is 2.52 bits per heavy atom. The van der Waals surface area contributed by atoms with Crippen LogP contribution < -0.4 is 10.6 Å². The molecular weight excluding hydrogens is 316 g/mol. The maximum Gasteiger partial charge on any atom is 0.230 e. The van der Waals surface area contributed by atoms with E-state index in [-0.39, 0.29) is 29.6 Å². The van der Waals surface area contributed by atoms with Gasteiger partial charge in [0.05, 0.1) is 12.1 Å². The SMILES string of the molecule is CC(C)(C)c1[nH]ncc1CNc1ccc(C[C@@H]2CC(=O)NC2=O)cc1. The largest absolute Gasteiger partial charge is 0.381 e. The summed E-state index contributed by atoms with van der Waals surface area (Å²) in [4.78, 5) is 22.9. The summed E-state index contributed by atoms with van der Waals surface area (Å²) in [5.41, 5.74) is 4.37.